The summed E-state index contributed by atoms with van der Waals surface area (Å²) < 4.78 is 33.1. The molecule has 26 heavy (non-hydrogen) atoms. The minimum absolute atomic E-state index is 0.131. The Morgan fingerprint density at radius 2 is 1.88 bits per heavy atom. The molecule has 7 nitrogen and oxygen atoms in total. The minimum atomic E-state index is -3.97. The molecular formula is C18H19N3O4S. The molecule has 0 bridgehead atoms. The first-order valence-electron chi connectivity index (χ1n) is 7.86. The number of nitriles is 1. The van der Waals surface area contributed by atoms with Crippen molar-refractivity contribution in [1.29, 1.82) is 5.26 Å². The number of anilines is 1. The van der Waals surface area contributed by atoms with Crippen LogP contribution in [0.15, 0.2) is 47.4 Å². The number of carbonyl (C=O) groups excluding carboxylic acids is 1. The van der Waals surface area contributed by atoms with Gasteiger partial charge in [-0.05, 0) is 42.8 Å². The van der Waals surface area contributed by atoms with Gasteiger partial charge < -0.3 is 10.1 Å². The van der Waals surface area contributed by atoms with E-state index in [1.54, 1.807) is 31.2 Å². The average Bonchev–Trinajstić information content (AvgIpc) is 2.63. The van der Waals surface area contributed by atoms with E-state index < -0.39 is 10.0 Å². The molecule has 0 aliphatic heterocycles. The van der Waals surface area contributed by atoms with Crippen LogP contribution in [0.25, 0.3) is 0 Å². The highest BCUT2D eigenvalue weighted by Crippen LogP contribution is 2.27. The maximum atomic E-state index is 12.7. The van der Waals surface area contributed by atoms with Crippen molar-refractivity contribution in [1.82, 2.24) is 5.32 Å². The van der Waals surface area contributed by atoms with E-state index in [0.717, 1.165) is 5.56 Å². The Morgan fingerprint density at radius 1 is 1.19 bits per heavy atom. The molecule has 2 N–H and O–H groups in total. The molecule has 0 aliphatic rings. The van der Waals surface area contributed by atoms with Crippen LogP contribution in [0.1, 0.15) is 22.8 Å². The number of hydrogen-bond donors (Lipinski definition) is 2. The second-order valence-corrected chi connectivity index (χ2v) is 7.01. The van der Waals surface area contributed by atoms with Gasteiger partial charge in [0, 0.05) is 17.8 Å². The molecule has 0 aromatic heterocycles. The van der Waals surface area contributed by atoms with Crippen molar-refractivity contribution in [3.05, 3.63) is 53.6 Å². The molecule has 1 amide bonds. The lowest BCUT2D eigenvalue weighted by atomic mass is 10.1. The number of ether oxygens (including phenoxy) is 1. The van der Waals surface area contributed by atoms with Crippen LogP contribution in [0.4, 0.5) is 5.69 Å². The Labute approximate surface area is 152 Å². The molecular weight excluding hydrogens is 354 g/mol. The lowest BCUT2D eigenvalue weighted by molar-refractivity contribution is 0.0955. The third-order valence-corrected chi connectivity index (χ3v) is 4.94. The lowest BCUT2D eigenvalue weighted by Gasteiger charge is -2.13. The zero-order valence-corrected chi connectivity index (χ0v) is 15.3. The van der Waals surface area contributed by atoms with E-state index in [9.17, 15) is 13.2 Å². The van der Waals surface area contributed by atoms with Crippen molar-refractivity contribution in [2.45, 2.75) is 18.2 Å². The van der Waals surface area contributed by atoms with Gasteiger partial charge in [0.15, 0.2) is 0 Å². The smallest absolute Gasteiger partial charge is 0.265 e. The van der Waals surface area contributed by atoms with E-state index in [2.05, 4.69) is 10.0 Å². The third kappa shape index (κ3) is 4.52. The van der Waals surface area contributed by atoms with Crippen LogP contribution >= 0.6 is 0 Å². The molecule has 0 unspecified atom stereocenters. The fourth-order valence-corrected chi connectivity index (χ4v) is 3.54. The van der Waals surface area contributed by atoms with E-state index >= 15 is 0 Å². The number of nitrogens with zero attached hydrogens (tertiary/aromatic N) is 1. The van der Waals surface area contributed by atoms with E-state index in [-0.39, 0.29) is 28.5 Å². The normalized spacial score (nSPS) is 10.7. The Balaban J connectivity index is 2.36. The highest BCUT2D eigenvalue weighted by Gasteiger charge is 2.22. The van der Waals surface area contributed by atoms with Crippen LogP contribution in [0.2, 0.25) is 0 Å². The highest BCUT2D eigenvalue weighted by molar-refractivity contribution is 7.92. The van der Waals surface area contributed by atoms with Crippen LogP contribution < -0.4 is 14.8 Å². The van der Waals surface area contributed by atoms with Gasteiger partial charge >= 0.3 is 0 Å². The summed E-state index contributed by atoms with van der Waals surface area (Å²) >= 11 is 0. The van der Waals surface area contributed by atoms with Crippen molar-refractivity contribution < 1.29 is 17.9 Å². The fraction of sp³-hybridized carbons (Fsp3) is 0.222. The largest absolute Gasteiger partial charge is 0.495 e. The molecule has 0 saturated heterocycles. The van der Waals surface area contributed by atoms with E-state index in [1.807, 2.05) is 6.07 Å². The van der Waals surface area contributed by atoms with Gasteiger partial charge in [0.25, 0.3) is 15.9 Å². The monoisotopic (exact) mass is 373 g/mol. The molecule has 2 aromatic carbocycles. The standard InChI is InChI=1S/C18H19N3O4S/c1-3-20-18(22)14-6-9-16(25-2)17(12-14)26(23,24)21-15-7-4-13(5-8-15)10-11-19/h4-9,12,21H,3,10H2,1-2H3,(H,20,22). The molecule has 0 spiro atoms. The van der Waals surface area contributed by atoms with Crippen molar-refractivity contribution in [3.63, 3.8) is 0 Å². The average molecular weight is 373 g/mol. The first kappa shape index (κ1) is 19.3. The van der Waals surface area contributed by atoms with Gasteiger partial charge in [-0.15, -0.1) is 0 Å². The zero-order valence-electron chi connectivity index (χ0n) is 14.4. The SMILES string of the molecule is CCNC(=O)c1ccc(OC)c(S(=O)(=O)Nc2ccc(CC#N)cc2)c1. The van der Waals surface area contributed by atoms with Gasteiger partial charge in [-0.2, -0.15) is 5.26 Å². The topological polar surface area (TPSA) is 108 Å². The van der Waals surface area contributed by atoms with Gasteiger partial charge in [-0.25, -0.2) is 8.42 Å². The van der Waals surface area contributed by atoms with Gasteiger partial charge in [0.1, 0.15) is 10.6 Å². The summed E-state index contributed by atoms with van der Waals surface area (Å²) in [5, 5.41) is 11.3. The molecule has 2 rings (SSSR count). The molecule has 2 aromatic rings. The number of nitrogens with one attached hydrogen (secondary N) is 2. The van der Waals surface area contributed by atoms with E-state index in [4.69, 9.17) is 10.00 Å². The Bertz CT molecular complexity index is 932. The first-order valence-corrected chi connectivity index (χ1v) is 9.34. The third-order valence-electron chi connectivity index (χ3n) is 3.54. The number of amides is 1. The van der Waals surface area contributed by atoms with Crippen molar-refractivity contribution >= 4 is 21.6 Å². The molecule has 0 radical (unpaired) electrons. The zero-order chi connectivity index (χ0) is 19.2. The predicted octanol–water partition coefficient (Wildman–Crippen LogP) is 2.31. The second-order valence-electron chi connectivity index (χ2n) is 5.36. The molecule has 0 aliphatic carbocycles. The molecule has 8 heteroatoms. The second kappa shape index (κ2) is 8.36. The molecule has 0 saturated carbocycles. The summed E-state index contributed by atoms with van der Waals surface area (Å²) in [6.45, 7) is 2.21. The number of sulfonamides is 1. The summed E-state index contributed by atoms with van der Waals surface area (Å²) in [4.78, 5) is 11.9. The number of methoxy groups -OCH3 is 1. The summed E-state index contributed by atoms with van der Waals surface area (Å²) in [5.74, 6) is -0.237. The summed E-state index contributed by atoms with van der Waals surface area (Å²) in [7, 11) is -2.61. The first-order chi connectivity index (χ1) is 12.4. The number of benzene rings is 2. The van der Waals surface area contributed by atoms with Crippen LogP contribution in [-0.4, -0.2) is 28.0 Å². The van der Waals surface area contributed by atoms with Gasteiger partial charge in [-0.1, -0.05) is 12.1 Å². The number of carbonyl (C=O) groups is 1. The van der Waals surface area contributed by atoms with Gasteiger partial charge in [0.05, 0.1) is 19.6 Å². The minimum Gasteiger partial charge on any atom is -0.495 e. The van der Waals surface area contributed by atoms with Gasteiger partial charge in [0.2, 0.25) is 0 Å². The Kier molecular flexibility index (Phi) is 6.20. The Morgan fingerprint density at radius 3 is 2.46 bits per heavy atom. The van der Waals surface area contributed by atoms with Crippen molar-refractivity contribution in [3.8, 4) is 11.8 Å². The fourth-order valence-electron chi connectivity index (χ4n) is 2.28. The van der Waals surface area contributed by atoms with Gasteiger partial charge in [-0.3, -0.25) is 9.52 Å². The maximum Gasteiger partial charge on any atom is 0.265 e. The molecule has 0 fully saturated rings. The lowest BCUT2D eigenvalue weighted by Crippen LogP contribution is -2.23. The predicted molar refractivity (Wildman–Crippen MR) is 97.6 cm³/mol. The Hall–Kier alpha value is -3.05. The quantitative estimate of drug-likeness (QED) is 0.774. The van der Waals surface area contributed by atoms with Crippen LogP contribution in [0, 0.1) is 11.3 Å². The van der Waals surface area contributed by atoms with Crippen molar-refractivity contribution in [2.75, 3.05) is 18.4 Å². The maximum absolute atomic E-state index is 12.7. The summed E-state index contributed by atoms with van der Waals surface area (Å²) in [6, 6.07) is 12.7. The molecule has 0 atom stereocenters. The van der Waals surface area contributed by atoms with E-state index in [1.165, 1.54) is 25.3 Å². The number of rotatable bonds is 7. The molecule has 136 valence electrons. The van der Waals surface area contributed by atoms with E-state index in [0.29, 0.717) is 12.2 Å². The summed E-state index contributed by atoms with van der Waals surface area (Å²) in [5.41, 5.74) is 1.35. The van der Waals surface area contributed by atoms with Crippen LogP contribution in [0.3, 0.4) is 0 Å². The van der Waals surface area contributed by atoms with Crippen LogP contribution in [0.5, 0.6) is 5.75 Å². The number of hydrogen-bond acceptors (Lipinski definition) is 5. The molecule has 0 heterocycles. The van der Waals surface area contributed by atoms with Crippen LogP contribution in [-0.2, 0) is 16.4 Å². The summed E-state index contributed by atoms with van der Waals surface area (Å²) in [6.07, 6.45) is 0.245. The van der Waals surface area contributed by atoms with Crippen molar-refractivity contribution in [2.24, 2.45) is 0 Å². The highest BCUT2D eigenvalue weighted by atomic mass is 32.2.